The topological polar surface area (TPSA) is 16.6 Å². The lowest BCUT2D eigenvalue weighted by Gasteiger charge is -2.08. The van der Waals surface area contributed by atoms with E-state index in [-0.39, 0.29) is 0 Å². The van der Waals surface area contributed by atoms with Gasteiger partial charge in [0.2, 0.25) is 0 Å². The van der Waals surface area contributed by atoms with E-state index in [2.05, 4.69) is 39.1 Å². The minimum Gasteiger partial charge on any atom is -0.479 e. The van der Waals surface area contributed by atoms with Crippen LogP contribution in [0.15, 0.2) is 18.2 Å². The highest BCUT2D eigenvalue weighted by atomic mass is 14.8. The molecular weight excluding hydrogens is 146 g/mol. The molecule has 0 fully saturated rings. The maximum absolute atomic E-state index is 3.74. The van der Waals surface area contributed by atoms with Gasteiger partial charge in [0.25, 0.3) is 0 Å². The summed E-state index contributed by atoms with van der Waals surface area (Å²) in [4.78, 5) is 0. The van der Waals surface area contributed by atoms with E-state index in [1.165, 1.54) is 16.7 Å². The van der Waals surface area contributed by atoms with Crippen LogP contribution in [0.1, 0.15) is 16.7 Å². The molecule has 0 atom stereocenters. The Morgan fingerprint density at radius 2 is 1.83 bits per heavy atom. The van der Waals surface area contributed by atoms with E-state index in [9.17, 15) is 0 Å². The molecule has 1 aromatic rings. The first-order valence-corrected chi connectivity index (χ1v) is 4.41. The highest BCUT2D eigenvalue weighted by Crippen LogP contribution is 2.12. The molecule has 1 aromatic carbocycles. The van der Waals surface area contributed by atoms with Gasteiger partial charge in [0.1, 0.15) is 0 Å². The zero-order valence-electron chi connectivity index (χ0n) is 7.93. The van der Waals surface area contributed by atoms with Crippen molar-refractivity contribution in [2.75, 3.05) is 6.54 Å². The Bertz CT molecular complexity index is 233. The molecule has 0 heterocycles. The first-order chi connectivity index (χ1) is 5.75. The van der Waals surface area contributed by atoms with Crippen LogP contribution in [0.3, 0.4) is 0 Å². The third-order valence-corrected chi connectivity index (χ3v) is 2.24. The monoisotopic (exact) mass is 163 g/mol. The second-order valence-corrected chi connectivity index (χ2v) is 3.20. The number of rotatable bonds is 3. The smallest absolute Gasteiger partial charge is 0.0556 e. The van der Waals surface area contributed by atoms with Gasteiger partial charge in [-0.15, -0.1) is 0 Å². The highest BCUT2D eigenvalue weighted by molar-refractivity contribution is 5.33. The third-order valence-electron chi connectivity index (χ3n) is 2.24. The van der Waals surface area contributed by atoms with E-state index in [0.717, 1.165) is 13.0 Å². The van der Waals surface area contributed by atoms with Crippen molar-refractivity contribution in [3.05, 3.63) is 41.9 Å². The Balaban J connectivity index is 2.81. The maximum atomic E-state index is 3.74. The molecule has 12 heavy (non-hydrogen) atoms. The minimum atomic E-state index is 1.08. The van der Waals surface area contributed by atoms with Crippen LogP contribution in [0, 0.1) is 20.9 Å². The molecule has 0 bridgehead atoms. The molecule has 1 nitrogen and oxygen atoms in total. The molecule has 0 amide bonds. The fourth-order valence-corrected chi connectivity index (χ4v) is 1.49. The minimum absolute atomic E-state index is 1.08. The van der Waals surface area contributed by atoms with Gasteiger partial charge < -0.3 is 5.32 Å². The summed E-state index contributed by atoms with van der Waals surface area (Å²) in [6.45, 7) is 5.42. The van der Waals surface area contributed by atoms with Gasteiger partial charge in [-0.25, -0.2) is 0 Å². The summed E-state index contributed by atoms with van der Waals surface area (Å²) in [6, 6.07) is 6.46. The molecule has 1 heteroatoms. The SMILES string of the molecule is [CH2-][NH2+]CCc1c(C)cccc1C. The largest absolute Gasteiger partial charge is 0.479 e. The summed E-state index contributed by atoms with van der Waals surface area (Å²) in [5.74, 6) is 0. The molecular formula is C11H17N. The fraction of sp³-hybridized carbons (Fsp3) is 0.364. The third kappa shape index (κ3) is 2.08. The zero-order valence-corrected chi connectivity index (χ0v) is 7.93. The summed E-state index contributed by atoms with van der Waals surface area (Å²) in [5.41, 5.74) is 4.28. The summed E-state index contributed by atoms with van der Waals surface area (Å²) >= 11 is 0. The molecule has 0 unspecified atom stereocenters. The van der Waals surface area contributed by atoms with Crippen molar-refractivity contribution in [3.63, 3.8) is 0 Å². The summed E-state index contributed by atoms with van der Waals surface area (Å²) in [7, 11) is 3.74. The molecule has 2 N–H and O–H groups in total. The van der Waals surface area contributed by atoms with Crippen LogP contribution < -0.4 is 5.32 Å². The molecule has 0 saturated carbocycles. The van der Waals surface area contributed by atoms with Crippen LogP contribution in [-0.4, -0.2) is 6.54 Å². The van der Waals surface area contributed by atoms with Crippen molar-refractivity contribution in [1.29, 1.82) is 0 Å². The van der Waals surface area contributed by atoms with Crippen molar-refractivity contribution in [1.82, 2.24) is 0 Å². The number of hydrogen-bond donors (Lipinski definition) is 1. The number of quaternary nitrogens is 1. The lowest BCUT2D eigenvalue weighted by molar-refractivity contribution is -0.594. The average molecular weight is 163 g/mol. The van der Waals surface area contributed by atoms with Crippen molar-refractivity contribution >= 4 is 0 Å². The van der Waals surface area contributed by atoms with Crippen LogP contribution >= 0.6 is 0 Å². The van der Waals surface area contributed by atoms with Gasteiger partial charge in [-0.3, -0.25) is 0 Å². The predicted octanol–water partition coefficient (Wildman–Crippen LogP) is 1.20. The van der Waals surface area contributed by atoms with E-state index >= 15 is 0 Å². The van der Waals surface area contributed by atoms with Gasteiger partial charge in [-0.05, 0) is 30.5 Å². The number of aryl methyl sites for hydroxylation is 2. The number of nitrogens with two attached hydrogens (primary N) is 1. The molecule has 0 saturated heterocycles. The number of hydrogen-bond acceptors (Lipinski definition) is 0. The van der Waals surface area contributed by atoms with Gasteiger partial charge in [-0.1, -0.05) is 18.2 Å². The van der Waals surface area contributed by atoms with Gasteiger partial charge in [-0.2, -0.15) is 7.05 Å². The Morgan fingerprint density at radius 3 is 2.33 bits per heavy atom. The normalized spacial score (nSPS) is 10.2. The molecule has 0 aliphatic heterocycles. The highest BCUT2D eigenvalue weighted by Gasteiger charge is 2.00. The van der Waals surface area contributed by atoms with Crippen molar-refractivity contribution in [2.24, 2.45) is 0 Å². The van der Waals surface area contributed by atoms with Gasteiger partial charge >= 0.3 is 0 Å². The average Bonchev–Trinajstić information content (AvgIpc) is 2.04. The molecule has 66 valence electrons. The molecule has 0 aromatic heterocycles. The molecule has 0 aliphatic rings. The Hall–Kier alpha value is -0.820. The summed E-state index contributed by atoms with van der Waals surface area (Å²) < 4.78 is 0. The first-order valence-electron chi connectivity index (χ1n) is 4.41. The Kier molecular flexibility index (Phi) is 3.30. The van der Waals surface area contributed by atoms with Crippen LogP contribution in [0.5, 0.6) is 0 Å². The molecule has 0 aliphatic carbocycles. The maximum Gasteiger partial charge on any atom is 0.0556 e. The van der Waals surface area contributed by atoms with Crippen LogP contribution in [0.2, 0.25) is 0 Å². The number of benzene rings is 1. The fourth-order valence-electron chi connectivity index (χ4n) is 1.49. The van der Waals surface area contributed by atoms with Gasteiger partial charge in [0, 0.05) is 6.42 Å². The van der Waals surface area contributed by atoms with Crippen LogP contribution in [0.4, 0.5) is 0 Å². The van der Waals surface area contributed by atoms with Crippen molar-refractivity contribution < 1.29 is 5.32 Å². The first kappa shape index (κ1) is 9.27. The molecule has 1 rings (SSSR count). The van der Waals surface area contributed by atoms with E-state index in [4.69, 9.17) is 0 Å². The standard InChI is InChI=1S/C11H17N/c1-9-5-4-6-10(2)11(9)7-8-12-3/h4-6H,3,7-8,12H2,1-2H3. The Labute approximate surface area is 74.8 Å². The lowest BCUT2D eigenvalue weighted by atomic mass is 10.0. The van der Waals surface area contributed by atoms with Gasteiger partial charge in [0.15, 0.2) is 0 Å². The molecule has 0 spiro atoms. The quantitative estimate of drug-likeness (QED) is 0.645. The summed E-state index contributed by atoms with van der Waals surface area (Å²) in [6.07, 6.45) is 1.13. The second kappa shape index (κ2) is 4.27. The summed E-state index contributed by atoms with van der Waals surface area (Å²) in [5, 5.41) is 1.98. The molecule has 0 radical (unpaired) electrons. The van der Waals surface area contributed by atoms with Crippen molar-refractivity contribution in [3.8, 4) is 0 Å². The van der Waals surface area contributed by atoms with Gasteiger partial charge in [0.05, 0.1) is 6.54 Å². The Morgan fingerprint density at radius 1 is 1.25 bits per heavy atom. The van der Waals surface area contributed by atoms with E-state index < -0.39 is 0 Å². The van der Waals surface area contributed by atoms with E-state index in [0.29, 0.717) is 0 Å². The second-order valence-electron chi connectivity index (χ2n) is 3.20. The van der Waals surface area contributed by atoms with E-state index in [1.54, 1.807) is 0 Å². The van der Waals surface area contributed by atoms with E-state index in [1.807, 2.05) is 5.32 Å². The van der Waals surface area contributed by atoms with Crippen LogP contribution in [0.25, 0.3) is 0 Å². The lowest BCUT2D eigenvalue weighted by Crippen LogP contribution is -2.77. The van der Waals surface area contributed by atoms with Crippen molar-refractivity contribution in [2.45, 2.75) is 20.3 Å². The zero-order chi connectivity index (χ0) is 8.97. The van der Waals surface area contributed by atoms with Crippen LogP contribution in [-0.2, 0) is 6.42 Å². The predicted molar refractivity (Wildman–Crippen MR) is 51.8 cm³/mol.